The van der Waals surface area contributed by atoms with Gasteiger partial charge in [-0.25, -0.2) is 4.98 Å². The van der Waals surface area contributed by atoms with E-state index in [1.165, 1.54) is 24.2 Å². The number of unbranched alkanes of at least 4 members (excludes halogenated alkanes) is 3. The highest BCUT2D eigenvalue weighted by molar-refractivity contribution is 7.11. The third-order valence-corrected chi connectivity index (χ3v) is 3.70. The molecule has 5 heteroatoms. The van der Waals surface area contributed by atoms with Gasteiger partial charge in [0.1, 0.15) is 5.75 Å². The minimum Gasteiger partial charge on any atom is -0.431 e. The predicted molar refractivity (Wildman–Crippen MR) is 85.1 cm³/mol. The van der Waals surface area contributed by atoms with E-state index in [9.17, 15) is 4.79 Å². The number of benzene rings is 1. The van der Waals surface area contributed by atoms with Crippen LogP contribution in [-0.4, -0.2) is 17.4 Å². The van der Waals surface area contributed by atoms with Crippen LogP contribution in [0.25, 0.3) is 0 Å². The number of thiazole rings is 1. The van der Waals surface area contributed by atoms with Gasteiger partial charge in [-0.2, -0.15) is 0 Å². The summed E-state index contributed by atoms with van der Waals surface area (Å²) in [6.07, 6.45) is 6.32. The van der Waals surface area contributed by atoms with Gasteiger partial charge in [0.05, 0.1) is 0 Å². The molecule has 0 spiro atoms. The first-order chi connectivity index (χ1) is 10.3. The first-order valence-corrected chi connectivity index (χ1v) is 8.13. The Morgan fingerprint density at radius 1 is 1.24 bits per heavy atom. The average molecular weight is 304 g/mol. The Labute approximate surface area is 129 Å². The van der Waals surface area contributed by atoms with Crippen LogP contribution in [0.4, 0.5) is 0 Å². The Morgan fingerprint density at radius 2 is 2.05 bits per heavy atom. The molecule has 112 valence electrons. The SMILES string of the molecule is CCCCCCNC(=O)c1ccc(Oc2nccs2)cc1. The summed E-state index contributed by atoms with van der Waals surface area (Å²) in [7, 11) is 0. The second kappa shape index (κ2) is 8.42. The number of hydrogen-bond donors (Lipinski definition) is 1. The van der Waals surface area contributed by atoms with Crippen molar-refractivity contribution >= 4 is 17.2 Å². The van der Waals surface area contributed by atoms with Crippen LogP contribution in [-0.2, 0) is 0 Å². The lowest BCUT2D eigenvalue weighted by molar-refractivity contribution is 0.0953. The van der Waals surface area contributed by atoms with Gasteiger partial charge in [-0.3, -0.25) is 4.79 Å². The zero-order valence-electron chi connectivity index (χ0n) is 12.2. The highest BCUT2D eigenvalue weighted by Gasteiger charge is 2.05. The Kier molecular flexibility index (Phi) is 6.22. The largest absolute Gasteiger partial charge is 0.431 e. The summed E-state index contributed by atoms with van der Waals surface area (Å²) >= 11 is 1.43. The van der Waals surface area contributed by atoms with E-state index < -0.39 is 0 Å². The normalized spacial score (nSPS) is 10.3. The van der Waals surface area contributed by atoms with Crippen molar-refractivity contribution < 1.29 is 9.53 Å². The van der Waals surface area contributed by atoms with Gasteiger partial charge < -0.3 is 10.1 Å². The van der Waals surface area contributed by atoms with Gasteiger partial charge in [-0.15, -0.1) is 0 Å². The molecule has 0 radical (unpaired) electrons. The lowest BCUT2D eigenvalue weighted by Crippen LogP contribution is -2.24. The molecule has 0 saturated carbocycles. The molecular weight excluding hydrogens is 284 g/mol. The Balaban J connectivity index is 1.79. The van der Waals surface area contributed by atoms with Crippen LogP contribution >= 0.6 is 11.3 Å². The van der Waals surface area contributed by atoms with Crippen LogP contribution in [0.3, 0.4) is 0 Å². The molecule has 0 fully saturated rings. The fourth-order valence-corrected chi connectivity index (χ4v) is 2.40. The van der Waals surface area contributed by atoms with Crippen LogP contribution < -0.4 is 10.1 Å². The number of amides is 1. The van der Waals surface area contributed by atoms with Gasteiger partial charge in [0.2, 0.25) is 0 Å². The summed E-state index contributed by atoms with van der Waals surface area (Å²) in [4.78, 5) is 16.0. The minimum atomic E-state index is -0.0349. The van der Waals surface area contributed by atoms with E-state index in [1.807, 2.05) is 5.38 Å². The molecule has 0 saturated heterocycles. The second-order valence-corrected chi connectivity index (χ2v) is 5.60. The Hall–Kier alpha value is -1.88. The molecular formula is C16H20N2O2S. The van der Waals surface area contributed by atoms with Crippen LogP contribution in [0.2, 0.25) is 0 Å². The van der Waals surface area contributed by atoms with Crippen molar-refractivity contribution in [1.29, 1.82) is 0 Å². The van der Waals surface area contributed by atoms with Gasteiger partial charge in [0.25, 0.3) is 11.1 Å². The molecule has 0 atom stereocenters. The average Bonchev–Trinajstić information content (AvgIpc) is 3.00. The van der Waals surface area contributed by atoms with Gasteiger partial charge in [0.15, 0.2) is 0 Å². The number of aromatic nitrogens is 1. The second-order valence-electron chi connectivity index (χ2n) is 4.74. The lowest BCUT2D eigenvalue weighted by atomic mass is 10.2. The topological polar surface area (TPSA) is 51.2 Å². The highest BCUT2D eigenvalue weighted by Crippen LogP contribution is 2.23. The monoisotopic (exact) mass is 304 g/mol. The molecule has 0 aliphatic carbocycles. The summed E-state index contributed by atoms with van der Waals surface area (Å²) in [6.45, 7) is 2.91. The fraction of sp³-hybridized carbons (Fsp3) is 0.375. The van der Waals surface area contributed by atoms with Crippen molar-refractivity contribution in [1.82, 2.24) is 10.3 Å². The van der Waals surface area contributed by atoms with Gasteiger partial charge in [-0.1, -0.05) is 37.5 Å². The minimum absolute atomic E-state index is 0.0349. The molecule has 1 aromatic heterocycles. The third kappa shape index (κ3) is 5.19. The highest BCUT2D eigenvalue weighted by atomic mass is 32.1. The molecule has 2 rings (SSSR count). The molecule has 0 aliphatic heterocycles. The molecule has 2 aromatic rings. The van der Waals surface area contributed by atoms with E-state index in [4.69, 9.17) is 4.74 Å². The van der Waals surface area contributed by atoms with E-state index in [1.54, 1.807) is 30.5 Å². The number of carbonyl (C=O) groups is 1. The van der Waals surface area contributed by atoms with Crippen LogP contribution in [0.15, 0.2) is 35.8 Å². The van der Waals surface area contributed by atoms with Gasteiger partial charge in [0, 0.05) is 23.7 Å². The van der Waals surface area contributed by atoms with E-state index >= 15 is 0 Å². The lowest BCUT2D eigenvalue weighted by Gasteiger charge is -2.06. The van der Waals surface area contributed by atoms with Crippen molar-refractivity contribution in [2.45, 2.75) is 32.6 Å². The molecule has 1 heterocycles. The van der Waals surface area contributed by atoms with Crippen molar-refractivity contribution in [2.75, 3.05) is 6.54 Å². The van der Waals surface area contributed by atoms with Crippen LogP contribution in [0.5, 0.6) is 10.9 Å². The van der Waals surface area contributed by atoms with Crippen LogP contribution in [0.1, 0.15) is 43.0 Å². The van der Waals surface area contributed by atoms with E-state index in [-0.39, 0.29) is 5.91 Å². The molecule has 0 bridgehead atoms. The summed E-state index contributed by atoms with van der Waals surface area (Å²) in [5.74, 6) is 0.650. The first-order valence-electron chi connectivity index (χ1n) is 7.25. The zero-order valence-corrected chi connectivity index (χ0v) is 13.0. The van der Waals surface area contributed by atoms with Crippen LogP contribution in [0, 0.1) is 0 Å². The Bertz CT molecular complexity index is 538. The standard InChI is InChI=1S/C16H20N2O2S/c1-2-3-4-5-10-17-15(19)13-6-8-14(9-7-13)20-16-18-11-12-21-16/h6-9,11-12H,2-5,10H2,1H3,(H,17,19). The number of rotatable bonds is 8. The summed E-state index contributed by atoms with van der Waals surface area (Å²) < 4.78 is 5.55. The molecule has 21 heavy (non-hydrogen) atoms. The summed E-state index contributed by atoms with van der Waals surface area (Å²) in [6, 6.07) is 7.11. The molecule has 1 amide bonds. The van der Waals surface area contributed by atoms with Gasteiger partial charge in [-0.05, 0) is 30.7 Å². The van der Waals surface area contributed by atoms with Crippen molar-refractivity contribution in [3.8, 4) is 10.9 Å². The zero-order chi connectivity index (χ0) is 14.9. The molecule has 4 nitrogen and oxygen atoms in total. The predicted octanol–water partition coefficient (Wildman–Crippen LogP) is 4.25. The maximum Gasteiger partial charge on any atom is 0.278 e. The summed E-state index contributed by atoms with van der Waals surface area (Å²) in [5, 5.41) is 5.39. The third-order valence-electron chi connectivity index (χ3n) is 3.05. The molecule has 0 aliphatic rings. The summed E-state index contributed by atoms with van der Waals surface area (Å²) in [5.41, 5.74) is 0.650. The van der Waals surface area contributed by atoms with Crippen molar-refractivity contribution in [3.05, 3.63) is 41.4 Å². The number of nitrogens with one attached hydrogen (secondary N) is 1. The van der Waals surface area contributed by atoms with Crippen molar-refractivity contribution in [2.24, 2.45) is 0 Å². The number of ether oxygens (including phenoxy) is 1. The maximum absolute atomic E-state index is 11.9. The quantitative estimate of drug-likeness (QED) is 0.742. The van der Waals surface area contributed by atoms with E-state index in [2.05, 4.69) is 17.2 Å². The fourth-order valence-electron chi connectivity index (χ4n) is 1.89. The molecule has 0 unspecified atom stereocenters. The van der Waals surface area contributed by atoms with Crippen molar-refractivity contribution in [3.63, 3.8) is 0 Å². The van der Waals surface area contributed by atoms with Gasteiger partial charge >= 0.3 is 0 Å². The molecule has 1 N–H and O–H groups in total. The molecule has 1 aromatic carbocycles. The maximum atomic E-state index is 11.9. The Morgan fingerprint density at radius 3 is 2.71 bits per heavy atom. The number of hydrogen-bond acceptors (Lipinski definition) is 4. The van der Waals surface area contributed by atoms with E-state index in [0.717, 1.165) is 19.4 Å². The smallest absolute Gasteiger partial charge is 0.278 e. The van der Waals surface area contributed by atoms with E-state index in [0.29, 0.717) is 16.5 Å². The number of nitrogens with zero attached hydrogens (tertiary/aromatic N) is 1. The number of carbonyl (C=O) groups excluding carboxylic acids is 1. The first kappa shape index (κ1) is 15.5.